The van der Waals surface area contributed by atoms with E-state index in [-0.39, 0.29) is 12.1 Å². The average molecular weight is 280 g/mol. The highest BCUT2D eigenvalue weighted by atomic mass is 19.1. The lowest BCUT2D eigenvalue weighted by Gasteiger charge is -2.27. The van der Waals surface area contributed by atoms with Crippen LogP contribution in [0.4, 0.5) is 8.78 Å². The molecule has 0 radical (unpaired) electrons. The van der Waals surface area contributed by atoms with Gasteiger partial charge < -0.3 is 10.0 Å². The summed E-state index contributed by atoms with van der Waals surface area (Å²) in [7, 11) is 0. The van der Waals surface area contributed by atoms with E-state index in [1.807, 2.05) is 6.07 Å². The number of allylic oxidation sites excluding steroid dienone is 1. The molecule has 0 aromatic heterocycles. The van der Waals surface area contributed by atoms with E-state index in [0.29, 0.717) is 19.4 Å². The van der Waals surface area contributed by atoms with Gasteiger partial charge in [-0.3, -0.25) is 0 Å². The number of nitriles is 1. The van der Waals surface area contributed by atoms with Crippen LogP contribution >= 0.6 is 0 Å². The SMILES string of the molecule is C=C(C)N(CCCC#N)C[C@@H](O)c1ccc(F)cc1F. The van der Waals surface area contributed by atoms with Gasteiger partial charge in [-0.05, 0) is 19.4 Å². The van der Waals surface area contributed by atoms with Crippen LogP contribution in [0.2, 0.25) is 0 Å². The zero-order valence-corrected chi connectivity index (χ0v) is 11.4. The summed E-state index contributed by atoms with van der Waals surface area (Å²) in [5.74, 6) is -1.44. The molecule has 1 rings (SSSR count). The highest BCUT2D eigenvalue weighted by Gasteiger charge is 2.17. The molecule has 0 fully saturated rings. The molecule has 0 saturated carbocycles. The number of benzene rings is 1. The van der Waals surface area contributed by atoms with Gasteiger partial charge in [-0.1, -0.05) is 12.6 Å². The first-order chi connectivity index (χ1) is 9.45. The zero-order valence-electron chi connectivity index (χ0n) is 11.4. The van der Waals surface area contributed by atoms with Crippen molar-refractivity contribution in [3.8, 4) is 6.07 Å². The Kier molecular flexibility index (Phi) is 6.13. The molecule has 0 aliphatic carbocycles. The lowest BCUT2D eigenvalue weighted by molar-refractivity contribution is 0.126. The van der Waals surface area contributed by atoms with Crippen molar-refractivity contribution in [2.45, 2.75) is 25.9 Å². The topological polar surface area (TPSA) is 47.3 Å². The number of hydrogen-bond donors (Lipinski definition) is 1. The van der Waals surface area contributed by atoms with E-state index in [2.05, 4.69) is 6.58 Å². The summed E-state index contributed by atoms with van der Waals surface area (Å²) >= 11 is 0. The molecule has 0 amide bonds. The van der Waals surface area contributed by atoms with Gasteiger partial charge in [-0.2, -0.15) is 5.26 Å². The fourth-order valence-electron chi connectivity index (χ4n) is 1.87. The van der Waals surface area contributed by atoms with Crippen molar-refractivity contribution in [1.29, 1.82) is 5.26 Å². The molecule has 1 aromatic rings. The lowest BCUT2D eigenvalue weighted by atomic mass is 10.1. The van der Waals surface area contributed by atoms with Crippen molar-refractivity contribution < 1.29 is 13.9 Å². The minimum Gasteiger partial charge on any atom is -0.386 e. The number of unbranched alkanes of at least 4 members (excludes halogenated alkanes) is 1. The number of nitrogens with zero attached hydrogens (tertiary/aromatic N) is 2. The van der Waals surface area contributed by atoms with Gasteiger partial charge in [-0.15, -0.1) is 0 Å². The first-order valence-corrected chi connectivity index (χ1v) is 6.36. The monoisotopic (exact) mass is 280 g/mol. The molecule has 1 aromatic carbocycles. The molecule has 20 heavy (non-hydrogen) atoms. The molecule has 0 unspecified atom stereocenters. The Morgan fingerprint density at radius 1 is 1.50 bits per heavy atom. The quantitative estimate of drug-likeness (QED) is 0.780. The number of rotatable bonds is 7. The van der Waals surface area contributed by atoms with Crippen molar-refractivity contribution in [3.05, 3.63) is 47.7 Å². The molecule has 0 aliphatic heterocycles. The fraction of sp³-hybridized carbons (Fsp3) is 0.400. The number of halogens is 2. The Morgan fingerprint density at radius 3 is 2.75 bits per heavy atom. The second-order valence-corrected chi connectivity index (χ2v) is 4.62. The van der Waals surface area contributed by atoms with Crippen LogP contribution in [0.3, 0.4) is 0 Å². The minimum atomic E-state index is -1.07. The number of aliphatic hydroxyl groups is 1. The van der Waals surface area contributed by atoms with E-state index in [1.165, 1.54) is 6.07 Å². The molecule has 1 N–H and O–H groups in total. The van der Waals surface area contributed by atoms with Crippen molar-refractivity contribution in [3.63, 3.8) is 0 Å². The highest BCUT2D eigenvalue weighted by Crippen LogP contribution is 2.20. The summed E-state index contributed by atoms with van der Waals surface area (Å²) in [4.78, 5) is 1.78. The Morgan fingerprint density at radius 2 is 2.20 bits per heavy atom. The predicted octanol–water partition coefficient (Wildman–Crippen LogP) is 3.14. The number of hydrogen-bond acceptors (Lipinski definition) is 3. The standard InChI is InChI=1S/C15H18F2N2O/c1-11(2)19(8-4-3-7-18)10-15(20)13-6-5-12(16)9-14(13)17/h5-6,9,15,20H,1,3-4,8,10H2,2H3/t15-/m1/s1. The van der Waals surface area contributed by atoms with Crippen LogP contribution in [0.25, 0.3) is 0 Å². The Hall–Kier alpha value is -1.93. The predicted molar refractivity (Wildman–Crippen MR) is 72.6 cm³/mol. The first-order valence-electron chi connectivity index (χ1n) is 6.36. The van der Waals surface area contributed by atoms with Crippen LogP contribution in [0.1, 0.15) is 31.4 Å². The third-order valence-electron chi connectivity index (χ3n) is 2.97. The summed E-state index contributed by atoms with van der Waals surface area (Å²) in [5.41, 5.74) is 0.780. The maximum absolute atomic E-state index is 13.6. The van der Waals surface area contributed by atoms with Crippen molar-refractivity contribution in [1.82, 2.24) is 4.90 Å². The second kappa shape index (κ2) is 7.61. The van der Waals surface area contributed by atoms with E-state index in [0.717, 1.165) is 17.8 Å². The average Bonchev–Trinajstić information content (AvgIpc) is 2.37. The van der Waals surface area contributed by atoms with Crippen molar-refractivity contribution in [2.24, 2.45) is 0 Å². The molecule has 0 spiro atoms. The summed E-state index contributed by atoms with van der Waals surface area (Å²) in [6, 6.07) is 5.14. The highest BCUT2D eigenvalue weighted by molar-refractivity contribution is 5.21. The molecule has 1 atom stereocenters. The van der Waals surface area contributed by atoms with Gasteiger partial charge >= 0.3 is 0 Å². The summed E-state index contributed by atoms with van der Waals surface area (Å²) in [6.45, 7) is 6.29. The van der Waals surface area contributed by atoms with Crippen LogP contribution < -0.4 is 0 Å². The molecule has 5 heteroatoms. The largest absolute Gasteiger partial charge is 0.386 e. The van der Waals surface area contributed by atoms with Gasteiger partial charge in [0.1, 0.15) is 11.6 Å². The van der Waals surface area contributed by atoms with Gasteiger partial charge in [0, 0.05) is 36.8 Å². The van der Waals surface area contributed by atoms with Gasteiger partial charge in [0.05, 0.1) is 12.2 Å². The van der Waals surface area contributed by atoms with Crippen molar-refractivity contribution >= 4 is 0 Å². The smallest absolute Gasteiger partial charge is 0.131 e. The van der Waals surface area contributed by atoms with E-state index in [4.69, 9.17) is 5.26 Å². The third kappa shape index (κ3) is 4.63. The Balaban J connectivity index is 2.72. The third-order valence-corrected chi connectivity index (χ3v) is 2.97. The van der Waals surface area contributed by atoms with E-state index in [9.17, 15) is 13.9 Å². The molecular formula is C15H18F2N2O. The molecule has 3 nitrogen and oxygen atoms in total. The van der Waals surface area contributed by atoms with Crippen molar-refractivity contribution in [2.75, 3.05) is 13.1 Å². The van der Waals surface area contributed by atoms with Crippen LogP contribution in [-0.4, -0.2) is 23.1 Å². The molecule has 0 bridgehead atoms. The van der Waals surface area contributed by atoms with Crippen LogP contribution in [0, 0.1) is 23.0 Å². The summed E-state index contributed by atoms with van der Waals surface area (Å²) in [5, 5.41) is 18.6. The first kappa shape index (κ1) is 16.1. The Labute approximate surface area is 117 Å². The van der Waals surface area contributed by atoms with Gasteiger partial charge in [0.2, 0.25) is 0 Å². The van der Waals surface area contributed by atoms with E-state index >= 15 is 0 Å². The van der Waals surface area contributed by atoms with E-state index in [1.54, 1.807) is 11.8 Å². The van der Waals surface area contributed by atoms with Crippen LogP contribution in [-0.2, 0) is 0 Å². The summed E-state index contributed by atoms with van der Waals surface area (Å²) in [6.07, 6.45) is -0.0263. The second-order valence-electron chi connectivity index (χ2n) is 4.62. The molecule has 108 valence electrons. The lowest BCUT2D eigenvalue weighted by Crippen LogP contribution is -2.28. The fourth-order valence-corrected chi connectivity index (χ4v) is 1.87. The minimum absolute atomic E-state index is 0.0536. The zero-order chi connectivity index (χ0) is 15.1. The maximum Gasteiger partial charge on any atom is 0.131 e. The van der Waals surface area contributed by atoms with Gasteiger partial charge in [0.25, 0.3) is 0 Å². The van der Waals surface area contributed by atoms with E-state index < -0.39 is 17.7 Å². The van der Waals surface area contributed by atoms with Crippen LogP contribution in [0.15, 0.2) is 30.5 Å². The Bertz CT molecular complexity index is 511. The maximum atomic E-state index is 13.6. The normalized spacial score (nSPS) is 11.8. The van der Waals surface area contributed by atoms with Gasteiger partial charge in [-0.25, -0.2) is 8.78 Å². The molecule has 0 heterocycles. The van der Waals surface area contributed by atoms with Gasteiger partial charge in [0.15, 0.2) is 0 Å². The number of aliphatic hydroxyl groups excluding tert-OH is 1. The van der Waals surface area contributed by atoms with Crippen LogP contribution in [0.5, 0.6) is 0 Å². The molecule has 0 aliphatic rings. The summed E-state index contributed by atoms with van der Waals surface area (Å²) < 4.78 is 26.4. The molecular weight excluding hydrogens is 262 g/mol. The molecule has 0 saturated heterocycles.